The lowest BCUT2D eigenvalue weighted by molar-refractivity contribution is 0.533. The molecule has 1 fully saturated rings. The van der Waals surface area contributed by atoms with Crippen LogP contribution in [0.25, 0.3) is 11.0 Å². The largest absolute Gasteiger partial charge is 0.356 e. The number of pyridine rings is 1. The van der Waals surface area contributed by atoms with E-state index in [2.05, 4.69) is 33.8 Å². The molecule has 1 saturated carbocycles. The number of fused-ring (bicyclic) bond motifs is 1. The molecule has 0 amide bonds. The second-order valence-electron chi connectivity index (χ2n) is 6.12. The average Bonchev–Trinajstić information content (AvgIpc) is 3.12. The van der Waals surface area contributed by atoms with Crippen LogP contribution < -0.4 is 4.90 Å². The minimum absolute atomic E-state index is 0.668. The molecule has 2 aromatic rings. The Morgan fingerprint density at radius 1 is 1.45 bits per heavy atom. The molecule has 3 rings (SSSR count). The summed E-state index contributed by atoms with van der Waals surface area (Å²) < 4.78 is 2.98. The number of hydrogen-bond donors (Lipinski definition) is 0. The minimum Gasteiger partial charge on any atom is -0.356 e. The van der Waals surface area contributed by atoms with Gasteiger partial charge in [-0.2, -0.15) is 5.26 Å². The zero-order valence-corrected chi connectivity index (χ0v) is 14.7. The molecule has 0 bridgehead atoms. The maximum atomic E-state index is 9.54. The Labute approximate surface area is 139 Å². The lowest BCUT2D eigenvalue weighted by Crippen LogP contribution is -2.30. The summed E-state index contributed by atoms with van der Waals surface area (Å²) in [5.74, 6) is 1.57. The molecular formula is C17H21BrN4. The highest BCUT2D eigenvalue weighted by Crippen LogP contribution is 2.31. The Balaban J connectivity index is 2.03. The van der Waals surface area contributed by atoms with E-state index in [0.717, 1.165) is 40.3 Å². The number of hydrogen-bond acceptors (Lipinski definition) is 3. The molecule has 0 unspecified atom stereocenters. The summed E-state index contributed by atoms with van der Waals surface area (Å²) in [5.41, 5.74) is 2.59. The van der Waals surface area contributed by atoms with E-state index in [0.29, 0.717) is 5.56 Å². The second kappa shape index (κ2) is 6.29. The van der Waals surface area contributed by atoms with Gasteiger partial charge in [0, 0.05) is 26.3 Å². The number of anilines is 1. The first kappa shape index (κ1) is 15.4. The zero-order chi connectivity index (χ0) is 15.7. The number of aryl methyl sites for hydroxylation is 1. The first-order valence-electron chi connectivity index (χ1n) is 7.94. The highest BCUT2D eigenvalue weighted by atomic mass is 79.9. The smallest absolute Gasteiger partial charge is 0.147 e. The molecule has 116 valence electrons. The van der Waals surface area contributed by atoms with Gasteiger partial charge in [-0.15, -0.1) is 0 Å². The van der Waals surface area contributed by atoms with Crippen molar-refractivity contribution in [1.82, 2.24) is 9.55 Å². The van der Waals surface area contributed by atoms with Gasteiger partial charge in [0.15, 0.2) is 0 Å². The molecule has 4 nitrogen and oxygen atoms in total. The van der Waals surface area contributed by atoms with Crippen molar-refractivity contribution >= 4 is 32.8 Å². The lowest BCUT2D eigenvalue weighted by atomic mass is 10.1. The van der Waals surface area contributed by atoms with Crippen molar-refractivity contribution in [3.05, 3.63) is 22.3 Å². The summed E-state index contributed by atoms with van der Waals surface area (Å²) in [6, 6.07) is 4.29. The summed E-state index contributed by atoms with van der Waals surface area (Å²) in [6.45, 7) is 4.03. The third kappa shape index (κ3) is 2.72. The Kier molecular flexibility index (Phi) is 4.39. The highest BCUT2D eigenvalue weighted by molar-refractivity contribution is 9.10. The van der Waals surface area contributed by atoms with Gasteiger partial charge in [0.05, 0.1) is 15.6 Å². The van der Waals surface area contributed by atoms with E-state index >= 15 is 0 Å². The Hall–Kier alpha value is -1.54. The predicted octanol–water partition coefficient (Wildman–Crippen LogP) is 4.22. The van der Waals surface area contributed by atoms with Gasteiger partial charge in [0.1, 0.15) is 17.4 Å². The molecule has 1 aliphatic rings. The Morgan fingerprint density at radius 2 is 2.18 bits per heavy atom. The molecule has 2 aromatic heterocycles. The molecule has 0 saturated heterocycles. The van der Waals surface area contributed by atoms with Crippen LogP contribution in [-0.2, 0) is 7.05 Å². The van der Waals surface area contributed by atoms with E-state index in [1.807, 2.05) is 23.9 Å². The van der Waals surface area contributed by atoms with Crippen LogP contribution >= 0.6 is 15.9 Å². The van der Waals surface area contributed by atoms with E-state index in [1.165, 1.54) is 25.7 Å². The number of nitriles is 1. The molecule has 22 heavy (non-hydrogen) atoms. The Bertz CT molecular complexity index is 722. The van der Waals surface area contributed by atoms with Crippen molar-refractivity contribution in [2.75, 3.05) is 18.0 Å². The van der Waals surface area contributed by atoms with Crippen molar-refractivity contribution < 1.29 is 0 Å². The summed E-state index contributed by atoms with van der Waals surface area (Å²) in [7, 11) is 1.98. The fraction of sp³-hybridized carbons (Fsp3) is 0.529. The summed E-state index contributed by atoms with van der Waals surface area (Å²) in [6.07, 6.45) is 7.27. The monoisotopic (exact) mass is 360 g/mol. The molecule has 1 aliphatic carbocycles. The van der Waals surface area contributed by atoms with Gasteiger partial charge in [0.25, 0.3) is 0 Å². The van der Waals surface area contributed by atoms with Gasteiger partial charge in [0.2, 0.25) is 0 Å². The number of nitrogens with zero attached hydrogens (tertiary/aromatic N) is 4. The van der Waals surface area contributed by atoms with Crippen molar-refractivity contribution in [2.24, 2.45) is 13.0 Å². The van der Waals surface area contributed by atoms with Gasteiger partial charge in [-0.05, 0) is 47.7 Å². The SMILES string of the molecule is CCN(CC1CCCC1)c1nc2c(Br)cn(C)c2cc1C#N. The maximum Gasteiger partial charge on any atom is 0.147 e. The van der Waals surface area contributed by atoms with Crippen molar-refractivity contribution in [3.8, 4) is 6.07 Å². The average molecular weight is 361 g/mol. The molecule has 5 heteroatoms. The quantitative estimate of drug-likeness (QED) is 0.819. The van der Waals surface area contributed by atoms with Crippen LogP contribution in [0.5, 0.6) is 0 Å². The third-order valence-electron chi connectivity index (χ3n) is 4.65. The van der Waals surface area contributed by atoms with Gasteiger partial charge < -0.3 is 9.47 Å². The fourth-order valence-corrected chi connectivity index (χ4v) is 4.03. The lowest BCUT2D eigenvalue weighted by Gasteiger charge is -2.26. The van der Waals surface area contributed by atoms with Crippen LogP contribution in [0.3, 0.4) is 0 Å². The van der Waals surface area contributed by atoms with Crippen LogP contribution in [0.2, 0.25) is 0 Å². The van der Waals surface area contributed by atoms with E-state index in [9.17, 15) is 5.26 Å². The predicted molar refractivity (Wildman–Crippen MR) is 93.0 cm³/mol. The number of rotatable bonds is 4. The standard InChI is InChI=1S/C17H21BrN4/c1-3-22(10-12-6-4-5-7-12)17-13(9-19)8-15-16(20-17)14(18)11-21(15)2/h8,11-12H,3-7,10H2,1-2H3. The van der Waals surface area contributed by atoms with Crippen molar-refractivity contribution in [1.29, 1.82) is 5.26 Å². The van der Waals surface area contributed by atoms with Crippen LogP contribution in [0, 0.1) is 17.2 Å². The summed E-state index contributed by atoms with van der Waals surface area (Å²) in [5, 5.41) is 9.54. The zero-order valence-electron chi connectivity index (χ0n) is 13.1. The molecule has 2 heterocycles. The summed E-state index contributed by atoms with van der Waals surface area (Å²) >= 11 is 3.57. The van der Waals surface area contributed by atoms with E-state index in [4.69, 9.17) is 4.98 Å². The molecular weight excluding hydrogens is 340 g/mol. The molecule has 0 aromatic carbocycles. The van der Waals surface area contributed by atoms with Gasteiger partial charge in [-0.3, -0.25) is 0 Å². The first-order valence-corrected chi connectivity index (χ1v) is 8.74. The maximum absolute atomic E-state index is 9.54. The Morgan fingerprint density at radius 3 is 2.82 bits per heavy atom. The van der Waals surface area contributed by atoms with Crippen LogP contribution in [0.1, 0.15) is 38.2 Å². The molecule has 0 aliphatic heterocycles. The molecule has 0 radical (unpaired) electrons. The second-order valence-corrected chi connectivity index (χ2v) is 6.97. The van der Waals surface area contributed by atoms with E-state index < -0.39 is 0 Å². The number of halogens is 1. The van der Waals surface area contributed by atoms with Crippen LogP contribution in [-0.4, -0.2) is 22.6 Å². The normalized spacial score (nSPS) is 15.4. The third-order valence-corrected chi connectivity index (χ3v) is 5.23. The minimum atomic E-state index is 0.668. The topological polar surface area (TPSA) is 44.9 Å². The van der Waals surface area contributed by atoms with Crippen LogP contribution in [0.15, 0.2) is 16.7 Å². The van der Waals surface area contributed by atoms with Crippen molar-refractivity contribution in [3.63, 3.8) is 0 Å². The summed E-state index contributed by atoms with van der Waals surface area (Å²) in [4.78, 5) is 7.09. The molecule has 0 N–H and O–H groups in total. The van der Waals surface area contributed by atoms with Gasteiger partial charge in [-0.25, -0.2) is 4.98 Å². The van der Waals surface area contributed by atoms with E-state index in [1.54, 1.807) is 0 Å². The van der Waals surface area contributed by atoms with Crippen molar-refractivity contribution in [2.45, 2.75) is 32.6 Å². The van der Waals surface area contributed by atoms with Gasteiger partial charge >= 0.3 is 0 Å². The molecule has 0 spiro atoms. The molecule has 0 atom stereocenters. The first-order chi connectivity index (χ1) is 10.6. The van der Waals surface area contributed by atoms with Gasteiger partial charge in [-0.1, -0.05) is 12.8 Å². The number of aromatic nitrogens is 2. The highest BCUT2D eigenvalue weighted by Gasteiger charge is 2.21. The fourth-order valence-electron chi connectivity index (χ4n) is 3.43. The van der Waals surface area contributed by atoms with Crippen LogP contribution in [0.4, 0.5) is 5.82 Å². The van der Waals surface area contributed by atoms with E-state index in [-0.39, 0.29) is 0 Å².